The lowest BCUT2D eigenvalue weighted by atomic mass is 10.2. The van der Waals surface area contributed by atoms with Crippen molar-refractivity contribution in [3.8, 4) is 0 Å². The van der Waals surface area contributed by atoms with Gasteiger partial charge in [0.05, 0.1) is 5.88 Å². The maximum absolute atomic E-state index is 9.04. The van der Waals surface area contributed by atoms with Crippen LogP contribution in [-0.4, -0.2) is 37.2 Å². The number of aldehydes is 1. The van der Waals surface area contributed by atoms with E-state index in [0.717, 1.165) is 19.5 Å². The molecule has 0 aliphatic heterocycles. The van der Waals surface area contributed by atoms with E-state index in [2.05, 4.69) is 43.6 Å². The Labute approximate surface area is 123 Å². The lowest BCUT2D eigenvalue weighted by Crippen LogP contribution is -2.23. The van der Waals surface area contributed by atoms with E-state index in [9.17, 15) is 0 Å². The summed E-state index contributed by atoms with van der Waals surface area (Å²) in [5.74, 6) is 0.111. The van der Waals surface area contributed by atoms with E-state index in [1.165, 1.54) is 11.4 Å². The topological polar surface area (TPSA) is 32.3 Å². The summed E-state index contributed by atoms with van der Waals surface area (Å²) >= 11 is 4.82. The lowest BCUT2D eigenvalue weighted by molar-refractivity contribution is -0.105. The maximum atomic E-state index is 9.04. The highest BCUT2D eigenvalue weighted by Crippen LogP contribution is 2.12. The summed E-state index contributed by atoms with van der Waals surface area (Å²) < 4.78 is 0. The van der Waals surface area contributed by atoms with Crippen molar-refractivity contribution >= 4 is 17.9 Å². The molecule has 0 radical (unpaired) electrons. The molecule has 0 amide bonds. The molecule has 4 heteroatoms. The zero-order valence-corrected chi connectivity index (χ0v) is 13.3. The summed E-state index contributed by atoms with van der Waals surface area (Å²) in [6.45, 7) is 12.2. The molecule has 0 aliphatic rings. The molecule has 0 fully saturated rings. The van der Waals surface area contributed by atoms with Gasteiger partial charge in [-0.2, -0.15) is 0 Å². The van der Waals surface area contributed by atoms with Gasteiger partial charge >= 0.3 is 0 Å². The zero-order chi connectivity index (χ0) is 15.1. The number of hydrogen-bond donors (Lipinski definition) is 1. The molecule has 19 heavy (non-hydrogen) atoms. The van der Waals surface area contributed by atoms with Gasteiger partial charge in [0.25, 0.3) is 0 Å². The second-order valence-corrected chi connectivity index (χ2v) is 4.21. The number of carbonyl (C=O) groups is 1. The summed E-state index contributed by atoms with van der Waals surface area (Å²) in [5.41, 5.74) is 2.54. The van der Waals surface area contributed by atoms with Gasteiger partial charge < -0.3 is 15.0 Å². The molecule has 0 aliphatic carbocycles. The highest BCUT2D eigenvalue weighted by Gasteiger charge is 2.05. The summed E-state index contributed by atoms with van der Waals surface area (Å²) in [6.07, 6.45) is 7.81. The first-order chi connectivity index (χ1) is 9.08. The first kappa shape index (κ1) is 20.3. The van der Waals surface area contributed by atoms with Gasteiger partial charge in [-0.05, 0) is 46.9 Å². The zero-order valence-electron chi connectivity index (χ0n) is 12.6. The number of rotatable bonds is 8. The first-order valence-electron chi connectivity index (χ1n) is 6.42. The molecule has 0 saturated carbocycles. The van der Waals surface area contributed by atoms with E-state index in [-0.39, 0.29) is 5.88 Å². The third-order valence-electron chi connectivity index (χ3n) is 2.50. The fourth-order valence-corrected chi connectivity index (χ4v) is 1.46. The molecule has 0 heterocycles. The number of halogens is 1. The highest BCUT2D eigenvalue weighted by molar-refractivity contribution is 6.24. The van der Waals surface area contributed by atoms with Crippen LogP contribution in [0.25, 0.3) is 0 Å². The van der Waals surface area contributed by atoms with Gasteiger partial charge in [0.1, 0.15) is 6.29 Å². The van der Waals surface area contributed by atoms with Crippen LogP contribution in [0.3, 0.4) is 0 Å². The molecule has 110 valence electrons. The van der Waals surface area contributed by atoms with Crippen molar-refractivity contribution in [1.82, 2.24) is 10.2 Å². The minimum absolute atomic E-state index is 0.111. The largest absolute Gasteiger partial charge is 0.349 e. The molecule has 0 bridgehead atoms. The first-order valence-corrected chi connectivity index (χ1v) is 6.96. The number of hydrogen-bond acceptors (Lipinski definition) is 3. The Morgan fingerprint density at radius 2 is 1.95 bits per heavy atom. The Bertz CT molecular complexity index is 299. The molecule has 0 rings (SSSR count). The Morgan fingerprint density at radius 1 is 1.37 bits per heavy atom. The fourth-order valence-electron chi connectivity index (χ4n) is 1.46. The van der Waals surface area contributed by atoms with Gasteiger partial charge in [0.15, 0.2) is 0 Å². The van der Waals surface area contributed by atoms with E-state index in [4.69, 9.17) is 16.4 Å². The van der Waals surface area contributed by atoms with E-state index in [1.54, 1.807) is 0 Å². The normalized spacial score (nSPS) is 11.4. The Morgan fingerprint density at radius 3 is 2.32 bits per heavy atom. The molecular formula is C15H27ClN2O. The van der Waals surface area contributed by atoms with Gasteiger partial charge in [-0.15, -0.1) is 11.6 Å². The lowest BCUT2D eigenvalue weighted by Gasteiger charge is -2.26. The molecule has 0 spiro atoms. The van der Waals surface area contributed by atoms with Crippen LogP contribution in [0.1, 0.15) is 27.2 Å². The summed E-state index contributed by atoms with van der Waals surface area (Å²) in [5, 5.41) is 3.17. The summed E-state index contributed by atoms with van der Waals surface area (Å²) in [4.78, 5) is 11.4. The van der Waals surface area contributed by atoms with E-state index < -0.39 is 0 Å². The predicted octanol–water partition coefficient (Wildman–Crippen LogP) is 3.34. The average Bonchev–Trinajstić information content (AvgIpc) is 2.43. The number of allylic oxidation sites excluding steroid dienone is 5. The molecule has 1 N–H and O–H groups in total. The average molecular weight is 287 g/mol. The van der Waals surface area contributed by atoms with Gasteiger partial charge in [-0.1, -0.05) is 18.7 Å². The van der Waals surface area contributed by atoms with Crippen LogP contribution >= 0.6 is 11.6 Å². The van der Waals surface area contributed by atoms with Gasteiger partial charge in [-0.3, -0.25) is 0 Å². The molecule has 0 atom stereocenters. The number of carbonyl (C=O) groups excluding carboxylic acids is 1. The number of nitrogens with one attached hydrogen (secondary N) is 1. The van der Waals surface area contributed by atoms with Crippen LogP contribution in [-0.2, 0) is 4.79 Å². The van der Waals surface area contributed by atoms with Gasteiger partial charge in [0.2, 0.25) is 0 Å². The van der Waals surface area contributed by atoms with Crippen molar-refractivity contribution in [2.24, 2.45) is 0 Å². The van der Waals surface area contributed by atoms with Crippen LogP contribution in [0.5, 0.6) is 0 Å². The maximum Gasteiger partial charge on any atom is 0.134 e. The van der Waals surface area contributed by atoms with Crippen LogP contribution < -0.4 is 5.32 Å². The molecular weight excluding hydrogens is 260 g/mol. The quantitative estimate of drug-likeness (QED) is 0.321. The standard InChI is InChI=1S/C13H24N2.C2H3ClO/c1-6-9-13(4)15(12(3)7-2)11-8-10-14-5;3-1-2-4/h6-7,9,14H,1,8,10-11H2,2-5H3;2H,1H2/b12-7+,13-9+;. The second-order valence-electron chi connectivity index (χ2n) is 3.90. The predicted molar refractivity (Wildman–Crippen MR) is 85.4 cm³/mol. The van der Waals surface area contributed by atoms with Crippen molar-refractivity contribution in [2.45, 2.75) is 27.2 Å². The Balaban J connectivity index is 0. The van der Waals surface area contributed by atoms with Crippen molar-refractivity contribution < 1.29 is 4.79 Å². The fraction of sp³-hybridized carbons (Fsp3) is 0.533. The smallest absolute Gasteiger partial charge is 0.134 e. The van der Waals surface area contributed by atoms with Crippen molar-refractivity contribution in [3.05, 3.63) is 36.2 Å². The molecule has 0 aromatic rings. The third-order valence-corrected chi connectivity index (χ3v) is 2.63. The third kappa shape index (κ3) is 11.7. The monoisotopic (exact) mass is 286 g/mol. The molecule has 3 nitrogen and oxygen atoms in total. The summed E-state index contributed by atoms with van der Waals surface area (Å²) in [6, 6.07) is 0. The minimum atomic E-state index is 0.111. The van der Waals surface area contributed by atoms with Gasteiger partial charge in [-0.25, -0.2) is 0 Å². The number of alkyl halides is 1. The van der Waals surface area contributed by atoms with Crippen molar-refractivity contribution in [3.63, 3.8) is 0 Å². The SMILES string of the molecule is C=C/C=C(\C)N(CCCNC)/C(C)=C/C.O=CCCl. The molecule has 0 aromatic carbocycles. The second kappa shape index (κ2) is 15.0. The number of nitrogens with zero attached hydrogens (tertiary/aromatic N) is 1. The van der Waals surface area contributed by atoms with E-state index in [1.807, 2.05) is 19.2 Å². The van der Waals surface area contributed by atoms with Crippen LogP contribution in [0.15, 0.2) is 36.2 Å². The highest BCUT2D eigenvalue weighted by atomic mass is 35.5. The van der Waals surface area contributed by atoms with E-state index >= 15 is 0 Å². The molecule has 0 saturated heterocycles. The van der Waals surface area contributed by atoms with Crippen LogP contribution in [0.4, 0.5) is 0 Å². The van der Waals surface area contributed by atoms with E-state index in [0.29, 0.717) is 6.29 Å². The van der Waals surface area contributed by atoms with Crippen molar-refractivity contribution in [2.75, 3.05) is 26.0 Å². The van der Waals surface area contributed by atoms with Crippen LogP contribution in [0.2, 0.25) is 0 Å². The van der Waals surface area contributed by atoms with Crippen LogP contribution in [0, 0.1) is 0 Å². The van der Waals surface area contributed by atoms with Gasteiger partial charge in [0, 0.05) is 17.9 Å². The summed E-state index contributed by atoms with van der Waals surface area (Å²) in [7, 11) is 1.99. The molecule has 0 aromatic heterocycles. The molecule has 0 unspecified atom stereocenters. The minimum Gasteiger partial charge on any atom is -0.349 e. The Hall–Kier alpha value is -1.06. The Kier molecular flexibility index (Phi) is 16.0. The van der Waals surface area contributed by atoms with Crippen molar-refractivity contribution in [1.29, 1.82) is 0 Å².